The second-order valence-electron chi connectivity index (χ2n) is 11.3. The van der Waals surface area contributed by atoms with Crippen LogP contribution in [0.15, 0.2) is 30.3 Å². The maximum atomic E-state index is 13.5. The Morgan fingerprint density at radius 2 is 1.50 bits per heavy atom. The first-order valence-electron chi connectivity index (χ1n) is 16.1. The van der Waals surface area contributed by atoms with Crippen LogP contribution in [0.2, 0.25) is 0 Å². The summed E-state index contributed by atoms with van der Waals surface area (Å²) in [5.74, 6) is -1.98. The fourth-order valence-electron chi connectivity index (χ4n) is 4.38. The molecule has 1 aromatic rings. The number of hydrogen-bond acceptors (Lipinski definition) is 10. The van der Waals surface area contributed by atoms with Gasteiger partial charge in [-0.1, -0.05) is 59.0 Å². The van der Waals surface area contributed by atoms with Gasteiger partial charge in [0.1, 0.15) is 6.61 Å². The Balaban J connectivity index is 0. The van der Waals surface area contributed by atoms with Gasteiger partial charge in [-0.15, -0.1) is 0 Å². The molecule has 0 aromatic heterocycles. The van der Waals surface area contributed by atoms with E-state index in [1.54, 1.807) is 7.11 Å². The first-order chi connectivity index (χ1) is 22.2. The predicted molar refractivity (Wildman–Crippen MR) is 187 cm³/mol. The van der Waals surface area contributed by atoms with Gasteiger partial charge in [-0.2, -0.15) is 0 Å². The van der Waals surface area contributed by atoms with Crippen LogP contribution in [0.1, 0.15) is 72.8 Å². The third-order valence-electron chi connectivity index (χ3n) is 6.78. The number of nitrogens with two attached hydrogens (primary N) is 1. The third-order valence-corrected chi connectivity index (χ3v) is 6.78. The summed E-state index contributed by atoms with van der Waals surface area (Å²) in [5.41, 5.74) is 6.25. The van der Waals surface area contributed by atoms with Crippen LogP contribution in [0.3, 0.4) is 0 Å². The number of carbonyl (C=O) groups excluding carboxylic acids is 5. The summed E-state index contributed by atoms with van der Waals surface area (Å²) in [5, 5.41) is 8.05. The average Bonchev–Trinajstić information content (AvgIpc) is 3.03. The molecule has 0 aliphatic carbocycles. The van der Waals surface area contributed by atoms with Gasteiger partial charge in [0.15, 0.2) is 11.6 Å². The zero-order chi connectivity index (χ0) is 34.0. The van der Waals surface area contributed by atoms with E-state index >= 15 is 0 Å². The number of Topliss-reactive ketones (excluding diaryl/α,β-unsaturated/α-hetero) is 2. The van der Waals surface area contributed by atoms with Crippen molar-refractivity contribution in [2.24, 2.45) is 17.6 Å². The van der Waals surface area contributed by atoms with Gasteiger partial charge in [0, 0.05) is 52.0 Å². The molecule has 48 heavy (non-hydrogen) atoms. The van der Waals surface area contributed by atoms with E-state index in [0.717, 1.165) is 5.56 Å². The largest absolute Gasteiger partial charge is 0.447 e. The summed E-state index contributed by atoms with van der Waals surface area (Å²) >= 11 is 0. The monoisotopic (exact) mass is 682 g/mol. The first kappa shape index (κ1) is 46.7. The Kier molecular flexibility index (Phi) is 28.9. The van der Waals surface area contributed by atoms with Gasteiger partial charge in [0.05, 0.1) is 32.4 Å². The van der Waals surface area contributed by atoms with Crippen LogP contribution in [0, 0.1) is 11.8 Å². The lowest BCUT2D eigenvalue weighted by Gasteiger charge is -2.23. The van der Waals surface area contributed by atoms with Crippen molar-refractivity contribution >= 4 is 29.5 Å². The van der Waals surface area contributed by atoms with E-state index in [4.69, 9.17) is 24.7 Å². The number of ether oxygens (including phenoxy) is 4. The molecule has 2 atom stereocenters. The summed E-state index contributed by atoms with van der Waals surface area (Å²) in [4.78, 5) is 63.8. The molecule has 0 fully saturated rings. The minimum Gasteiger partial charge on any atom is -0.447 e. The standard InChI is InChI=1S/C33H54N4O9.2CH4/c1-25(2)21-29(30(39)11-12-31(40)35-14-8-16-45-18-17-43-3)37-32(41)27(22-26-9-5-4-6-10-26)23-28(38)24-36-33(42)46-20-19-44-15-7-13-34;;/h4-6,9-10,25,27,29H,7-8,11-24,34H2,1-3H3,(H,35,40)(H,36,42)(H,37,41);2*1H4. The summed E-state index contributed by atoms with van der Waals surface area (Å²) in [7, 11) is 1.60. The van der Waals surface area contributed by atoms with E-state index in [9.17, 15) is 24.0 Å². The maximum absolute atomic E-state index is 13.5. The molecule has 3 amide bonds. The summed E-state index contributed by atoms with van der Waals surface area (Å²) < 4.78 is 20.6. The minimum atomic E-state index is -0.803. The molecule has 0 heterocycles. The molecule has 13 nitrogen and oxygen atoms in total. The van der Waals surface area contributed by atoms with Gasteiger partial charge in [-0.05, 0) is 43.7 Å². The second kappa shape index (κ2) is 29.7. The predicted octanol–water partition coefficient (Wildman–Crippen LogP) is 3.22. The van der Waals surface area contributed by atoms with E-state index < -0.39 is 24.0 Å². The number of methoxy groups -OCH3 is 1. The Morgan fingerprint density at radius 1 is 0.833 bits per heavy atom. The van der Waals surface area contributed by atoms with E-state index in [1.807, 2.05) is 44.2 Å². The highest BCUT2D eigenvalue weighted by molar-refractivity contribution is 5.94. The molecule has 0 aliphatic heterocycles. The fraction of sp³-hybridized carbons (Fsp3) is 0.686. The average molecular weight is 683 g/mol. The molecule has 13 heteroatoms. The highest BCUT2D eigenvalue weighted by Gasteiger charge is 2.28. The van der Waals surface area contributed by atoms with Gasteiger partial charge in [-0.25, -0.2) is 4.79 Å². The summed E-state index contributed by atoms with van der Waals surface area (Å²) in [6.07, 6.45) is 1.06. The smallest absolute Gasteiger partial charge is 0.407 e. The molecule has 0 saturated carbocycles. The Morgan fingerprint density at radius 3 is 2.15 bits per heavy atom. The van der Waals surface area contributed by atoms with Crippen LogP contribution >= 0.6 is 0 Å². The zero-order valence-electron chi connectivity index (χ0n) is 27.7. The number of hydrogen-bond donors (Lipinski definition) is 4. The van der Waals surface area contributed by atoms with Gasteiger partial charge < -0.3 is 40.6 Å². The Hall–Kier alpha value is -3.39. The van der Waals surface area contributed by atoms with Crippen LogP contribution in [0.4, 0.5) is 4.79 Å². The summed E-state index contributed by atoms with van der Waals surface area (Å²) in [6, 6.07) is 8.45. The minimum absolute atomic E-state index is 0. The van der Waals surface area contributed by atoms with Crippen LogP contribution in [0.5, 0.6) is 0 Å². The summed E-state index contributed by atoms with van der Waals surface area (Å²) in [6.45, 7) is 6.70. The van der Waals surface area contributed by atoms with E-state index in [0.29, 0.717) is 58.8 Å². The van der Waals surface area contributed by atoms with E-state index in [-0.39, 0.29) is 83.7 Å². The Labute approximate surface area is 287 Å². The molecule has 276 valence electrons. The molecule has 0 radical (unpaired) electrons. The zero-order valence-corrected chi connectivity index (χ0v) is 27.7. The van der Waals surface area contributed by atoms with Gasteiger partial charge in [-0.3, -0.25) is 19.2 Å². The van der Waals surface area contributed by atoms with Crippen molar-refractivity contribution in [1.82, 2.24) is 16.0 Å². The van der Waals surface area contributed by atoms with Crippen molar-refractivity contribution in [2.75, 3.05) is 66.4 Å². The number of carbonyl (C=O) groups is 5. The van der Waals surface area contributed by atoms with Crippen LogP contribution in [-0.2, 0) is 44.5 Å². The number of ketones is 2. The molecule has 2 unspecified atom stereocenters. The van der Waals surface area contributed by atoms with Crippen molar-refractivity contribution in [3.8, 4) is 0 Å². The maximum Gasteiger partial charge on any atom is 0.407 e. The quantitative estimate of drug-likeness (QED) is 0.101. The number of nitrogens with one attached hydrogen (secondary N) is 3. The molecular weight excluding hydrogens is 620 g/mol. The normalized spacial score (nSPS) is 11.8. The van der Waals surface area contributed by atoms with E-state index in [1.165, 1.54) is 0 Å². The number of benzene rings is 1. The fourth-order valence-corrected chi connectivity index (χ4v) is 4.38. The molecule has 0 spiro atoms. The lowest BCUT2D eigenvalue weighted by molar-refractivity contribution is -0.133. The van der Waals surface area contributed by atoms with Crippen molar-refractivity contribution in [1.29, 1.82) is 0 Å². The Bertz CT molecular complexity index is 1020. The van der Waals surface area contributed by atoms with Gasteiger partial charge in [0.25, 0.3) is 0 Å². The number of rotatable bonds is 27. The van der Waals surface area contributed by atoms with Crippen molar-refractivity contribution in [3.63, 3.8) is 0 Å². The molecule has 1 aromatic carbocycles. The lowest BCUT2D eigenvalue weighted by atomic mass is 9.91. The molecule has 0 saturated heterocycles. The highest BCUT2D eigenvalue weighted by atomic mass is 16.6. The molecular formula is C35H62N4O9. The van der Waals surface area contributed by atoms with Crippen molar-refractivity contribution in [3.05, 3.63) is 35.9 Å². The van der Waals surface area contributed by atoms with Gasteiger partial charge in [0.2, 0.25) is 11.8 Å². The molecule has 0 bridgehead atoms. The molecule has 5 N–H and O–H groups in total. The third kappa shape index (κ3) is 23.9. The van der Waals surface area contributed by atoms with Crippen LogP contribution in [0.25, 0.3) is 0 Å². The van der Waals surface area contributed by atoms with Crippen LogP contribution in [-0.4, -0.2) is 102 Å². The van der Waals surface area contributed by atoms with Crippen molar-refractivity contribution in [2.45, 2.75) is 79.7 Å². The second-order valence-corrected chi connectivity index (χ2v) is 11.3. The van der Waals surface area contributed by atoms with Crippen molar-refractivity contribution < 1.29 is 42.9 Å². The number of amides is 3. The molecule has 0 aliphatic rings. The van der Waals surface area contributed by atoms with Crippen LogP contribution < -0.4 is 21.7 Å². The van der Waals surface area contributed by atoms with E-state index in [2.05, 4.69) is 16.0 Å². The highest BCUT2D eigenvalue weighted by Crippen LogP contribution is 2.16. The number of alkyl carbamates (subject to hydrolysis) is 1. The van der Waals surface area contributed by atoms with Gasteiger partial charge >= 0.3 is 6.09 Å². The molecule has 1 rings (SSSR count). The topological polar surface area (TPSA) is 184 Å². The SMILES string of the molecule is C.C.COCCOCCCNC(=O)CCC(=O)C(CC(C)C)NC(=O)C(CC(=O)CNC(=O)OCCOCCCN)Cc1ccccc1. The lowest BCUT2D eigenvalue weighted by Crippen LogP contribution is -2.46. The first-order valence-corrected chi connectivity index (χ1v) is 16.1.